The van der Waals surface area contributed by atoms with E-state index in [1.807, 2.05) is 42.5 Å². The minimum Gasteiger partial charge on any atom is -0.493 e. The Kier molecular flexibility index (Phi) is 5.74. The van der Waals surface area contributed by atoms with Gasteiger partial charge in [-0.1, -0.05) is 30.3 Å². The summed E-state index contributed by atoms with van der Waals surface area (Å²) in [6, 6.07) is 14.2. The second-order valence-electron chi connectivity index (χ2n) is 7.74. The van der Waals surface area contributed by atoms with E-state index in [1.54, 1.807) is 14.2 Å². The first-order chi connectivity index (χ1) is 13.7. The van der Waals surface area contributed by atoms with E-state index in [-0.39, 0.29) is 12.1 Å². The van der Waals surface area contributed by atoms with Gasteiger partial charge in [-0.2, -0.15) is 0 Å². The van der Waals surface area contributed by atoms with Gasteiger partial charge < -0.3 is 19.3 Å². The van der Waals surface area contributed by atoms with Crippen molar-refractivity contribution in [3.8, 4) is 17.2 Å². The molecule has 150 valence electrons. The van der Waals surface area contributed by atoms with Crippen LogP contribution in [0.2, 0.25) is 0 Å². The van der Waals surface area contributed by atoms with Crippen molar-refractivity contribution in [3.05, 3.63) is 53.6 Å². The van der Waals surface area contributed by atoms with Crippen LogP contribution in [-0.2, 0) is 13.0 Å². The highest BCUT2D eigenvalue weighted by molar-refractivity contribution is 5.54. The summed E-state index contributed by atoms with van der Waals surface area (Å²) in [5.41, 5.74) is 2.18. The molecule has 3 fully saturated rings. The van der Waals surface area contributed by atoms with Crippen LogP contribution in [0.5, 0.6) is 17.2 Å². The first-order valence-corrected chi connectivity index (χ1v) is 10.0. The van der Waals surface area contributed by atoms with Crippen molar-refractivity contribution in [2.75, 3.05) is 27.3 Å². The molecule has 2 bridgehead atoms. The zero-order valence-corrected chi connectivity index (χ0v) is 16.6. The summed E-state index contributed by atoms with van der Waals surface area (Å²) in [6.45, 7) is 2.61. The monoisotopic (exact) mass is 383 g/mol. The number of rotatable bonds is 7. The summed E-state index contributed by atoms with van der Waals surface area (Å²) >= 11 is 0. The fourth-order valence-electron chi connectivity index (χ4n) is 4.54. The van der Waals surface area contributed by atoms with Crippen molar-refractivity contribution in [1.82, 2.24) is 4.90 Å². The molecule has 3 heterocycles. The van der Waals surface area contributed by atoms with Gasteiger partial charge in [-0.15, -0.1) is 0 Å². The van der Waals surface area contributed by atoms with E-state index in [0.717, 1.165) is 43.5 Å². The van der Waals surface area contributed by atoms with Gasteiger partial charge >= 0.3 is 0 Å². The second kappa shape index (κ2) is 8.41. The maximum atomic E-state index is 10.7. The standard InChI is InChI=1S/C23H29NO4/c1-26-20-13-17(12-19-22(25)18-8-10-24(19)11-9-18)14-21(27-2)23(20)28-15-16-6-4-3-5-7-16/h3-7,13-14,18-19,22,25H,8-12,15H2,1-2H3. The lowest BCUT2D eigenvalue weighted by Crippen LogP contribution is -2.58. The third kappa shape index (κ3) is 3.82. The molecule has 0 radical (unpaired) electrons. The Balaban J connectivity index is 1.54. The van der Waals surface area contributed by atoms with Crippen molar-refractivity contribution in [1.29, 1.82) is 0 Å². The summed E-state index contributed by atoms with van der Waals surface area (Å²) in [5.74, 6) is 2.38. The molecule has 3 aliphatic rings. The molecule has 5 rings (SSSR count). The minimum absolute atomic E-state index is 0.165. The predicted molar refractivity (Wildman–Crippen MR) is 108 cm³/mol. The van der Waals surface area contributed by atoms with Crippen LogP contribution < -0.4 is 14.2 Å². The number of ether oxygens (including phenoxy) is 3. The highest BCUT2D eigenvalue weighted by atomic mass is 16.5. The number of methoxy groups -OCH3 is 2. The Morgan fingerprint density at radius 1 is 0.964 bits per heavy atom. The van der Waals surface area contributed by atoms with Gasteiger partial charge in [-0.25, -0.2) is 0 Å². The number of fused-ring (bicyclic) bond motifs is 3. The van der Waals surface area contributed by atoms with Gasteiger partial charge in [0.1, 0.15) is 6.61 Å². The molecule has 0 aliphatic carbocycles. The maximum absolute atomic E-state index is 10.7. The first kappa shape index (κ1) is 19.1. The molecule has 0 aromatic heterocycles. The van der Waals surface area contributed by atoms with Crippen LogP contribution in [0.25, 0.3) is 0 Å². The van der Waals surface area contributed by atoms with E-state index in [9.17, 15) is 5.11 Å². The maximum Gasteiger partial charge on any atom is 0.203 e. The lowest BCUT2D eigenvalue weighted by atomic mass is 9.78. The molecule has 28 heavy (non-hydrogen) atoms. The van der Waals surface area contributed by atoms with E-state index in [1.165, 1.54) is 0 Å². The number of hydrogen-bond donors (Lipinski definition) is 1. The Bertz CT molecular complexity index is 759. The lowest BCUT2D eigenvalue weighted by molar-refractivity contribution is -0.0715. The normalized spacial score (nSPS) is 26.1. The number of nitrogens with zero attached hydrogens (tertiary/aromatic N) is 1. The van der Waals surface area contributed by atoms with Crippen molar-refractivity contribution >= 4 is 0 Å². The summed E-state index contributed by atoms with van der Waals surface area (Å²) in [5, 5.41) is 10.7. The van der Waals surface area contributed by atoms with Crippen LogP contribution in [0.4, 0.5) is 0 Å². The molecule has 5 nitrogen and oxygen atoms in total. The van der Waals surface area contributed by atoms with Gasteiger partial charge in [-0.05, 0) is 61.5 Å². The predicted octanol–water partition coefficient (Wildman–Crippen LogP) is 3.28. The topological polar surface area (TPSA) is 51.2 Å². The van der Waals surface area contributed by atoms with E-state index in [0.29, 0.717) is 29.8 Å². The number of benzene rings is 2. The van der Waals surface area contributed by atoms with Crippen molar-refractivity contribution in [2.24, 2.45) is 5.92 Å². The third-order valence-corrected chi connectivity index (χ3v) is 6.11. The number of aliphatic hydroxyl groups is 1. The van der Waals surface area contributed by atoms with Crippen LogP contribution >= 0.6 is 0 Å². The van der Waals surface area contributed by atoms with E-state index in [4.69, 9.17) is 14.2 Å². The molecular formula is C23H29NO4. The van der Waals surface area contributed by atoms with Crippen LogP contribution in [-0.4, -0.2) is 49.5 Å². The van der Waals surface area contributed by atoms with E-state index >= 15 is 0 Å². The molecule has 2 aromatic rings. The van der Waals surface area contributed by atoms with Crippen LogP contribution in [0.3, 0.4) is 0 Å². The molecule has 5 heteroatoms. The van der Waals surface area contributed by atoms with Crippen molar-refractivity contribution in [2.45, 2.75) is 38.0 Å². The first-order valence-electron chi connectivity index (χ1n) is 10.0. The molecule has 2 unspecified atom stereocenters. The molecule has 3 aliphatic heterocycles. The Morgan fingerprint density at radius 3 is 2.18 bits per heavy atom. The largest absolute Gasteiger partial charge is 0.493 e. The Labute approximate surface area is 166 Å². The highest BCUT2D eigenvalue weighted by Gasteiger charge is 2.41. The van der Waals surface area contributed by atoms with Gasteiger partial charge in [0.2, 0.25) is 5.75 Å². The van der Waals surface area contributed by atoms with Crippen LogP contribution in [0.15, 0.2) is 42.5 Å². The quantitative estimate of drug-likeness (QED) is 0.795. The average molecular weight is 383 g/mol. The molecule has 0 saturated carbocycles. The smallest absolute Gasteiger partial charge is 0.203 e. The minimum atomic E-state index is -0.256. The number of piperidine rings is 3. The van der Waals surface area contributed by atoms with Crippen molar-refractivity contribution in [3.63, 3.8) is 0 Å². The zero-order valence-electron chi connectivity index (χ0n) is 16.6. The van der Waals surface area contributed by atoms with E-state index in [2.05, 4.69) is 4.90 Å². The number of aliphatic hydroxyl groups excluding tert-OH is 1. The molecular weight excluding hydrogens is 354 g/mol. The van der Waals surface area contributed by atoms with Gasteiger partial charge in [0.15, 0.2) is 11.5 Å². The Morgan fingerprint density at radius 2 is 1.61 bits per heavy atom. The second-order valence-corrected chi connectivity index (χ2v) is 7.74. The molecule has 2 aromatic carbocycles. The van der Waals surface area contributed by atoms with Crippen molar-refractivity contribution < 1.29 is 19.3 Å². The molecule has 1 N–H and O–H groups in total. The summed E-state index contributed by atoms with van der Waals surface area (Å²) in [7, 11) is 3.30. The SMILES string of the molecule is COc1cc(CC2C(O)C3CCN2CC3)cc(OC)c1OCc1ccccc1. The summed E-state index contributed by atoms with van der Waals surface area (Å²) < 4.78 is 17.3. The number of hydrogen-bond acceptors (Lipinski definition) is 5. The fourth-order valence-corrected chi connectivity index (χ4v) is 4.54. The molecule has 0 spiro atoms. The molecule has 3 saturated heterocycles. The van der Waals surface area contributed by atoms with Crippen LogP contribution in [0, 0.1) is 5.92 Å². The van der Waals surface area contributed by atoms with Gasteiger partial charge in [0, 0.05) is 6.04 Å². The highest BCUT2D eigenvalue weighted by Crippen LogP contribution is 2.41. The lowest BCUT2D eigenvalue weighted by Gasteiger charge is -2.49. The van der Waals surface area contributed by atoms with Crippen LogP contribution in [0.1, 0.15) is 24.0 Å². The van der Waals surface area contributed by atoms with Gasteiger partial charge in [0.05, 0.1) is 20.3 Å². The fraction of sp³-hybridized carbons (Fsp3) is 0.478. The zero-order chi connectivity index (χ0) is 19.5. The van der Waals surface area contributed by atoms with E-state index < -0.39 is 0 Å². The third-order valence-electron chi connectivity index (χ3n) is 6.11. The van der Waals surface area contributed by atoms with Gasteiger partial charge in [-0.3, -0.25) is 4.90 Å². The molecule has 2 atom stereocenters. The summed E-state index contributed by atoms with van der Waals surface area (Å²) in [4.78, 5) is 2.42. The van der Waals surface area contributed by atoms with Gasteiger partial charge in [0.25, 0.3) is 0 Å². The summed E-state index contributed by atoms with van der Waals surface area (Å²) in [6.07, 6.45) is 2.74. The Hall–Kier alpha value is -2.24. The molecule has 0 amide bonds. The average Bonchev–Trinajstić information content (AvgIpc) is 2.75.